The average molecular weight is 389 g/mol. The molecule has 9 heteroatoms. The van der Waals surface area contributed by atoms with E-state index < -0.39 is 11.3 Å². The lowest BCUT2D eigenvalue weighted by molar-refractivity contribution is 0.100. The highest BCUT2D eigenvalue weighted by molar-refractivity contribution is 6.36. The first-order chi connectivity index (χ1) is 12.3. The summed E-state index contributed by atoms with van der Waals surface area (Å²) < 4.78 is 1.73. The standard InChI is InChI=1S/C17H14Cl2N6O/c1-17(2,15-11(18)4-3-5-12(15)19)9-25-14-7-6-10(16(26)22-23-20)8-13(14)21-24-25/h3-8H,9H2,1-2H3. The normalized spacial score (nSPS) is 11.4. The molecule has 0 radical (unpaired) electrons. The third-order valence-electron chi connectivity index (χ3n) is 4.08. The molecule has 0 bridgehead atoms. The van der Waals surface area contributed by atoms with Gasteiger partial charge in [0.2, 0.25) is 5.91 Å². The van der Waals surface area contributed by atoms with Gasteiger partial charge in [-0.1, -0.05) is 48.3 Å². The number of hydrogen-bond donors (Lipinski definition) is 0. The van der Waals surface area contributed by atoms with Crippen LogP contribution in [0.2, 0.25) is 10.0 Å². The Kier molecular flexibility index (Phi) is 4.87. The zero-order chi connectivity index (χ0) is 18.9. The van der Waals surface area contributed by atoms with Crippen LogP contribution in [0, 0.1) is 0 Å². The molecule has 7 nitrogen and oxygen atoms in total. The van der Waals surface area contributed by atoms with E-state index >= 15 is 0 Å². The molecule has 1 heterocycles. The number of rotatable bonds is 4. The van der Waals surface area contributed by atoms with Gasteiger partial charge in [-0.25, -0.2) is 4.68 Å². The van der Waals surface area contributed by atoms with Gasteiger partial charge in [0.15, 0.2) is 0 Å². The summed E-state index contributed by atoms with van der Waals surface area (Å²) in [6.07, 6.45) is 0. The van der Waals surface area contributed by atoms with E-state index in [4.69, 9.17) is 28.7 Å². The Hall–Kier alpha value is -2.60. The fourth-order valence-corrected chi connectivity index (χ4v) is 3.83. The summed E-state index contributed by atoms with van der Waals surface area (Å²) in [5, 5.41) is 12.5. The maximum absolute atomic E-state index is 11.7. The van der Waals surface area contributed by atoms with Crippen LogP contribution in [0.3, 0.4) is 0 Å². The van der Waals surface area contributed by atoms with Crippen molar-refractivity contribution in [3.63, 3.8) is 0 Å². The minimum absolute atomic E-state index is 0.260. The molecule has 0 fully saturated rings. The minimum atomic E-state index is -0.660. The van der Waals surface area contributed by atoms with Crippen LogP contribution in [0.4, 0.5) is 0 Å². The monoisotopic (exact) mass is 388 g/mol. The van der Waals surface area contributed by atoms with Crippen LogP contribution in [0.1, 0.15) is 29.8 Å². The fraction of sp³-hybridized carbons (Fsp3) is 0.235. The number of nitrogens with zero attached hydrogens (tertiary/aromatic N) is 6. The van der Waals surface area contributed by atoms with Gasteiger partial charge in [0, 0.05) is 25.9 Å². The Morgan fingerprint density at radius 3 is 2.62 bits per heavy atom. The van der Waals surface area contributed by atoms with Crippen LogP contribution >= 0.6 is 23.2 Å². The molecule has 2 aromatic carbocycles. The number of fused-ring (bicyclic) bond motifs is 1. The van der Waals surface area contributed by atoms with Crippen molar-refractivity contribution in [1.29, 1.82) is 0 Å². The first-order valence-electron chi connectivity index (χ1n) is 7.70. The molecule has 0 aliphatic rings. The van der Waals surface area contributed by atoms with E-state index in [1.54, 1.807) is 41.1 Å². The highest BCUT2D eigenvalue weighted by Crippen LogP contribution is 2.37. The molecule has 26 heavy (non-hydrogen) atoms. The van der Waals surface area contributed by atoms with E-state index in [0.717, 1.165) is 11.1 Å². The number of hydrogen-bond acceptors (Lipinski definition) is 3. The SMILES string of the molecule is CC(C)(Cn1nnc2cc(C(=O)N=[N+]=[N-])ccc21)c1c(Cl)cccc1Cl. The molecule has 0 unspecified atom stereocenters. The van der Waals surface area contributed by atoms with Crippen molar-refractivity contribution in [2.45, 2.75) is 25.8 Å². The number of benzene rings is 2. The third-order valence-corrected chi connectivity index (χ3v) is 4.71. The molecule has 0 saturated heterocycles. The lowest BCUT2D eigenvalue weighted by atomic mass is 9.84. The molecule has 132 valence electrons. The van der Waals surface area contributed by atoms with Gasteiger partial charge in [0.1, 0.15) is 5.52 Å². The Bertz CT molecular complexity index is 1030. The van der Waals surface area contributed by atoms with Crippen molar-refractivity contribution >= 4 is 40.1 Å². The summed E-state index contributed by atoms with van der Waals surface area (Å²) >= 11 is 12.7. The summed E-state index contributed by atoms with van der Waals surface area (Å²) in [5.41, 5.74) is 10.3. The summed E-state index contributed by atoms with van der Waals surface area (Å²) in [4.78, 5) is 14.2. The first-order valence-corrected chi connectivity index (χ1v) is 8.46. The van der Waals surface area contributed by atoms with E-state index in [1.807, 2.05) is 13.8 Å². The van der Waals surface area contributed by atoms with Gasteiger partial charge in [0.25, 0.3) is 0 Å². The second-order valence-corrected chi connectivity index (χ2v) is 7.24. The summed E-state index contributed by atoms with van der Waals surface area (Å²) in [6, 6.07) is 10.3. The van der Waals surface area contributed by atoms with Crippen LogP contribution < -0.4 is 0 Å². The number of azide groups is 1. The third kappa shape index (κ3) is 3.37. The van der Waals surface area contributed by atoms with Crippen molar-refractivity contribution in [2.24, 2.45) is 5.11 Å². The Morgan fingerprint density at radius 1 is 1.27 bits per heavy atom. The fourth-order valence-electron chi connectivity index (χ4n) is 2.92. The van der Waals surface area contributed by atoms with Crippen molar-refractivity contribution in [2.75, 3.05) is 0 Å². The Labute approximate surface area is 159 Å². The van der Waals surface area contributed by atoms with Gasteiger partial charge in [-0.15, -0.1) is 5.10 Å². The second-order valence-electron chi connectivity index (χ2n) is 6.43. The molecule has 0 atom stereocenters. The van der Waals surface area contributed by atoms with E-state index in [1.165, 1.54) is 0 Å². The molecular formula is C17H14Cl2N6O. The molecule has 1 aromatic heterocycles. The summed E-state index contributed by atoms with van der Waals surface area (Å²) in [6.45, 7) is 4.52. The molecule has 0 N–H and O–H groups in total. The van der Waals surface area contributed by atoms with Crippen molar-refractivity contribution < 1.29 is 4.79 Å². The lowest BCUT2D eigenvalue weighted by Gasteiger charge is -2.27. The smallest absolute Gasteiger partial charge is 0.249 e. The van der Waals surface area contributed by atoms with E-state index in [0.29, 0.717) is 22.1 Å². The number of carbonyl (C=O) groups is 1. The Balaban J connectivity index is 1.99. The van der Waals surface area contributed by atoms with Crippen LogP contribution in [0.25, 0.3) is 21.5 Å². The summed E-state index contributed by atoms with van der Waals surface area (Å²) in [7, 11) is 0. The van der Waals surface area contributed by atoms with E-state index in [9.17, 15) is 4.79 Å². The van der Waals surface area contributed by atoms with E-state index in [-0.39, 0.29) is 5.56 Å². The number of halogens is 2. The van der Waals surface area contributed by atoms with Crippen LogP contribution in [-0.2, 0) is 12.0 Å². The zero-order valence-electron chi connectivity index (χ0n) is 14.0. The molecule has 3 rings (SSSR count). The average Bonchev–Trinajstić information content (AvgIpc) is 2.96. The highest BCUT2D eigenvalue weighted by Gasteiger charge is 2.28. The van der Waals surface area contributed by atoms with Crippen LogP contribution in [0.15, 0.2) is 41.5 Å². The maximum Gasteiger partial charge on any atom is 0.249 e. The quantitative estimate of drug-likeness (QED) is 0.350. The highest BCUT2D eigenvalue weighted by atomic mass is 35.5. The van der Waals surface area contributed by atoms with Gasteiger partial charge in [-0.05, 0) is 46.5 Å². The topological polar surface area (TPSA) is 96.5 Å². The largest absolute Gasteiger partial charge is 0.287 e. The van der Waals surface area contributed by atoms with Gasteiger partial charge >= 0.3 is 0 Å². The van der Waals surface area contributed by atoms with Crippen molar-refractivity contribution in [3.8, 4) is 0 Å². The summed E-state index contributed by atoms with van der Waals surface area (Å²) in [5.74, 6) is -0.660. The van der Waals surface area contributed by atoms with Crippen LogP contribution in [-0.4, -0.2) is 20.9 Å². The zero-order valence-corrected chi connectivity index (χ0v) is 15.5. The van der Waals surface area contributed by atoms with Gasteiger partial charge < -0.3 is 0 Å². The van der Waals surface area contributed by atoms with Gasteiger partial charge in [0.05, 0.1) is 12.1 Å². The Morgan fingerprint density at radius 2 is 1.96 bits per heavy atom. The molecule has 0 aliphatic heterocycles. The number of aromatic nitrogens is 3. The van der Waals surface area contributed by atoms with Crippen molar-refractivity contribution in [1.82, 2.24) is 15.0 Å². The molecule has 0 aliphatic carbocycles. The molecule has 3 aromatic rings. The minimum Gasteiger partial charge on any atom is -0.287 e. The molecular weight excluding hydrogens is 375 g/mol. The van der Waals surface area contributed by atoms with E-state index in [2.05, 4.69) is 20.3 Å². The lowest BCUT2D eigenvalue weighted by Crippen LogP contribution is -2.26. The predicted molar refractivity (Wildman–Crippen MR) is 100 cm³/mol. The van der Waals surface area contributed by atoms with Crippen LogP contribution in [0.5, 0.6) is 0 Å². The van der Waals surface area contributed by atoms with Gasteiger partial charge in [-0.2, -0.15) is 0 Å². The molecule has 0 saturated carbocycles. The van der Waals surface area contributed by atoms with Crippen molar-refractivity contribution in [3.05, 3.63) is 68.0 Å². The first kappa shape index (κ1) is 18.2. The predicted octanol–water partition coefficient (Wildman–Crippen LogP) is 5.17. The van der Waals surface area contributed by atoms with Gasteiger partial charge in [-0.3, -0.25) is 4.79 Å². The molecule has 0 spiro atoms. The number of amides is 1. The molecule has 1 amide bonds. The number of carbonyl (C=O) groups excluding carboxylic acids is 1. The second kappa shape index (κ2) is 6.96. The maximum atomic E-state index is 11.7.